The molecule has 23 heavy (non-hydrogen) atoms. The van der Waals surface area contributed by atoms with Crippen molar-refractivity contribution in [2.75, 3.05) is 20.3 Å². The largest absolute Gasteiger partial charge is 0.496 e. The maximum Gasteiger partial charge on any atom is 0.310 e. The van der Waals surface area contributed by atoms with E-state index in [4.69, 9.17) is 14.6 Å². The molecule has 1 saturated carbocycles. The molecular weight excluding hydrogens is 292 g/mol. The summed E-state index contributed by atoms with van der Waals surface area (Å²) in [6, 6.07) is 4.10. The van der Waals surface area contributed by atoms with Gasteiger partial charge in [0.1, 0.15) is 12.4 Å². The quantitative estimate of drug-likeness (QED) is 0.817. The van der Waals surface area contributed by atoms with Crippen LogP contribution in [0.3, 0.4) is 0 Å². The lowest BCUT2D eigenvalue weighted by Crippen LogP contribution is -2.26. The summed E-state index contributed by atoms with van der Waals surface area (Å²) in [5, 5.41) is 8.75. The van der Waals surface area contributed by atoms with Gasteiger partial charge in [0.15, 0.2) is 0 Å². The summed E-state index contributed by atoms with van der Waals surface area (Å²) in [5.41, 5.74) is 3.33. The fraction of sp³-hybridized carbons (Fsp3) is 0.632. The monoisotopic (exact) mass is 320 g/mol. The highest BCUT2D eigenvalue weighted by atomic mass is 16.5. The van der Waals surface area contributed by atoms with Crippen LogP contribution in [0.2, 0.25) is 0 Å². The normalized spacial score (nSPS) is 16.9. The van der Waals surface area contributed by atoms with Gasteiger partial charge in [-0.2, -0.15) is 0 Å². The predicted molar refractivity (Wildman–Crippen MR) is 89.9 cm³/mol. The number of hydrogen-bond donors (Lipinski definition) is 1. The molecule has 0 unspecified atom stereocenters. The lowest BCUT2D eigenvalue weighted by molar-refractivity contribution is -0.143. The molecule has 0 amide bonds. The summed E-state index contributed by atoms with van der Waals surface area (Å²) in [7, 11) is 1.72. The highest BCUT2D eigenvalue weighted by molar-refractivity contribution is 5.73. The summed E-state index contributed by atoms with van der Waals surface area (Å²) in [6.07, 6.45) is 6.31. The van der Waals surface area contributed by atoms with Crippen LogP contribution in [0.15, 0.2) is 12.1 Å². The first-order valence-electron chi connectivity index (χ1n) is 8.44. The minimum absolute atomic E-state index is 0.0541. The van der Waals surface area contributed by atoms with Gasteiger partial charge in [-0.25, -0.2) is 0 Å². The highest BCUT2D eigenvalue weighted by Gasteiger charge is 2.32. The Bertz CT molecular complexity index is 545. The van der Waals surface area contributed by atoms with Crippen LogP contribution in [-0.4, -0.2) is 31.4 Å². The van der Waals surface area contributed by atoms with Gasteiger partial charge in [-0.3, -0.25) is 4.79 Å². The maximum absolute atomic E-state index is 11.8. The third-order valence-electron chi connectivity index (χ3n) is 4.85. The van der Waals surface area contributed by atoms with Crippen LogP contribution in [0, 0.1) is 6.92 Å². The van der Waals surface area contributed by atoms with E-state index in [1.54, 1.807) is 7.11 Å². The van der Waals surface area contributed by atoms with Crippen molar-refractivity contribution < 1.29 is 19.4 Å². The van der Waals surface area contributed by atoms with Crippen molar-refractivity contribution in [3.05, 3.63) is 28.8 Å². The zero-order valence-corrected chi connectivity index (χ0v) is 14.5. The number of aryl methyl sites for hydroxylation is 1. The molecule has 4 nitrogen and oxygen atoms in total. The summed E-state index contributed by atoms with van der Waals surface area (Å²) in [4.78, 5) is 11.8. The standard InChI is InChI=1S/C19H28O4/c1-14-11-15(13-17(21)23-10-9-20)12-16(18(14)22-3)19(2)7-5-4-6-8-19/h11-12,20H,4-10,13H2,1-3H3. The molecule has 4 heteroatoms. The van der Waals surface area contributed by atoms with Crippen molar-refractivity contribution in [1.82, 2.24) is 0 Å². The summed E-state index contributed by atoms with van der Waals surface area (Å²) >= 11 is 0. The van der Waals surface area contributed by atoms with Crippen LogP contribution in [0.4, 0.5) is 0 Å². The van der Waals surface area contributed by atoms with E-state index in [-0.39, 0.29) is 31.0 Å². The molecule has 0 aromatic heterocycles. The molecule has 1 aromatic carbocycles. The second kappa shape index (κ2) is 7.82. The summed E-state index contributed by atoms with van der Waals surface area (Å²) in [5.74, 6) is 0.644. The number of carbonyl (C=O) groups is 1. The number of hydrogen-bond acceptors (Lipinski definition) is 4. The van der Waals surface area contributed by atoms with Gasteiger partial charge in [-0.15, -0.1) is 0 Å². The smallest absolute Gasteiger partial charge is 0.310 e. The van der Waals surface area contributed by atoms with Gasteiger partial charge in [0, 0.05) is 5.56 Å². The minimum atomic E-state index is -0.302. The molecular formula is C19H28O4. The average Bonchev–Trinajstić information content (AvgIpc) is 2.53. The summed E-state index contributed by atoms with van der Waals surface area (Å²) in [6.45, 7) is 4.24. The van der Waals surface area contributed by atoms with E-state index in [2.05, 4.69) is 13.0 Å². The van der Waals surface area contributed by atoms with Crippen LogP contribution in [0.25, 0.3) is 0 Å². The van der Waals surface area contributed by atoms with Gasteiger partial charge >= 0.3 is 5.97 Å². The molecule has 0 bridgehead atoms. The second-order valence-electron chi connectivity index (χ2n) is 6.74. The highest BCUT2D eigenvalue weighted by Crippen LogP contribution is 2.44. The predicted octanol–water partition coefficient (Wildman–Crippen LogP) is 3.30. The molecule has 0 spiro atoms. The van der Waals surface area contributed by atoms with Gasteiger partial charge in [0.2, 0.25) is 0 Å². The Labute approximate surface area is 138 Å². The minimum Gasteiger partial charge on any atom is -0.496 e. The van der Waals surface area contributed by atoms with Crippen molar-refractivity contribution in [1.29, 1.82) is 0 Å². The Morgan fingerprint density at radius 1 is 1.26 bits per heavy atom. The molecule has 1 aliphatic rings. The second-order valence-corrected chi connectivity index (χ2v) is 6.74. The summed E-state index contributed by atoms with van der Waals surface area (Å²) < 4.78 is 10.7. The van der Waals surface area contributed by atoms with Gasteiger partial charge < -0.3 is 14.6 Å². The number of ether oxygens (including phenoxy) is 2. The number of aliphatic hydroxyl groups is 1. The molecule has 1 N–H and O–H groups in total. The topological polar surface area (TPSA) is 55.8 Å². The fourth-order valence-corrected chi connectivity index (χ4v) is 3.65. The van der Waals surface area contributed by atoms with Crippen LogP contribution in [-0.2, 0) is 21.4 Å². The van der Waals surface area contributed by atoms with Crippen molar-refractivity contribution in [3.63, 3.8) is 0 Å². The number of aliphatic hydroxyl groups excluding tert-OH is 1. The lowest BCUT2D eigenvalue weighted by atomic mass is 9.70. The molecule has 1 aromatic rings. The van der Waals surface area contributed by atoms with E-state index >= 15 is 0 Å². The van der Waals surface area contributed by atoms with Gasteiger partial charge in [0.05, 0.1) is 20.1 Å². The van der Waals surface area contributed by atoms with Crippen LogP contribution < -0.4 is 4.74 Å². The third-order valence-corrected chi connectivity index (χ3v) is 4.85. The molecule has 2 rings (SSSR count). The molecule has 0 atom stereocenters. The first-order chi connectivity index (χ1) is 11.0. The van der Waals surface area contributed by atoms with Gasteiger partial charge in [0.25, 0.3) is 0 Å². The third kappa shape index (κ3) is 4.25. The molecule has 0 aliphatic heterocycles. The number of rotatable bonds is 6. The average molecular weight is 320 g/mol. The maximum atomic E-state index is 11.8. The lowest BCUT2D eigenvalue weighted by Gasteiger charge is -2.36. The van der Waals surface area contributed by atoms with Gasteiger partial charge in [-0.05, 0) is 36.3 Å². The zero-order valence-electron chi connectivity index (χ0n) is 14.5. The Balaban J connectivity index is 2.30. The molecule has 0 saturated heterocycles. The molecule has 1 aliphatic carbocycles. The van der Waals surface area contributed by atoms with E-state index in [0.717, 1.165) is 29.7 Å². The first kappa shape index (κ1) is 17.8. The van der Waals surface area contributed by atoms with E-state index in [9.17, 15) is 4.79 Å². The molecule has 0 heterocycles. The molecule has 128 valence electrons. The zero-order chi connectivity index (χ0) is 16.9. The fourth-order valence-electron chi connectivity index (χ4n) is 3.65. The first-order valence-corrected chi connectivity index (χ1v) is 8.44. The van der Waals surface area contributed by atoms with Crippen molar-refractivity contribution in [3.8, 4) is 5.75 Å². The van der Waals surface area contributed by atoms with Crippen LogP contribution >= 0.6 is 0 Å². The van der Waals surface area contributed by atoms with E-state index < -0.39 is 0 Å². The van der Waals surface area contributed by atoms with Crippen LogP contribution in [0.1, 0.15) is 55.7 Å². The number of benzene rings is 1. The molecule has 0 radical (unpaired) electrons. The van der Waals surface area contributed by atoms with E-state index in [0.29, 0.717) is 0 Å². The van der Waals surface area contributed by atoms with Gasteiger partial charge in [-0.1, -0.05) is 38.3 Å². The Morgan fingerprint density at radius 2 is 1.96 bits per heavy atom. The Kier molecular flexibility index (Phi) is 6.05. The van der Waals surface area contributed by atoms with Crippen LogP contribution in [0.5, 0.6) is 5.75 Å². The van der Waals surface area contributed by atoms with E-state index in [1.807, 2.05) is 13.0 Å². The van der Waals surface area contributed by atoms with E-state index in [1.165, 1.54) is 24.8 Å². The molecule has 1 fully saturated rings. The Hall–Kier alpha value is -1.55. The number of esters is 1. The van der Waals surface area contributed by atoms with Crippen molar-refractivity contribution >= 4 is 5.97 Å². The Morgan fingerprint density at radius 3 is 2.57 bits per heavy atom. The van der Waals surface area contributed by atoms with Crippen molar-refractivity contribution in [2.24, 2.45) is 0 Å². The number of methoxy groups -OCH3 is 1. The number of carbonyl (C=O) groups excluding carboxylic acids is 1. The van der Waals surface area contributed by atoms with Crippen molar-refractivity contribution in [2.45, 2.75) is 57.8 Å². The SMILES string of the molecule is COc1c(C)cc(CC(=O)OCCO)cc1C1(C)CCCCC1.